The van der Waals surface area contributed by atoms with E-state index in [9.17, 15) is 4.79 Å². The molecule has 1 aromatic heterocycles. The fourth-order valence-electron chi connectivity index (χ4n) is 2.58. The van der Waals surface area contributed by atoms with Crippen LogP contribution in [0.2, 0.25) is 0 Å². The van der Waals surface area contributed by atoms with E-state index in [1.54, 1.807) is 6.26 Å². The van der Waals surface area contributed by atoms with Crippen LogP contribution in [0.15, 0.2) is 22.8 Å². The van der Waals surface area contributed by atoms with Gasteiger partial charge in [-0.15, -0.1) is 0 Å². The molecule has 2 rings (SSSR count). The lowest BCUT2D eigenvalue weighted by Crippen LogP contribution is -2.43. The van der Waals surface area contributed by atoms with Gasteiger partial charge in [0.25, 0.3) is 0 Å². The van der Waals surface area contributed by atoms with Crippen LogP contribution in [0, 0.1) is 5.41 Å². The second-order valence-electron chi connectivity index (χ2n) is 6.59. The van der Waals surface area contributed by atoms with Crippen molar-refractivity contribution < 1.29 is 9.21 Å². The van der Waals surface area contributed by atoms with E-state index in [4.69, 9.17) is 4.42 Å². The van der Waals surface area contributed by atoms with Crippen molar-refractivity contribution in [1.82, 2.24) is 10.2 Å². The number of piperidine rings is 1. The van der Waals surface area contributed by atoms with E-state index in [0.717, 1.165) is 18.8 Å². The summed E-state index contributed by atoms with van der Waals surface area (Å²) < 4.78 is 5.57. The van der Waals surface area contributed by atoms with Crippen LogP contribution >= 0.6 is 0 Å². The van der Waals surface area contributed by atoms with Gasteiger partial charge in [0, 0.05) is 12.0 Å². The number of likely N-dealkylation sites (tertiary alicyclic amines) is 1. The Morgan fingerprint density at radius 1 is 1.35 bits per heavy atom. The SMILES string of the molecule is CC(C)(C)C(=O)NCC(c1ccco1)N1CCCCC1. The second-order valence-corrected chi connectivity index (χ2v) is 6.59. The molecule has 0 radical (unpaired) electrons. The molecule has 1 aromatic rings. The first kappa shape index (κ1) is 15.1. The highest BCUT2D eigenvalue weighted by Gasteiger charge is 2.27. The molecule has 4 nitrogen and oxygen atoms in total. The van der Waals surface area contributed by atoms with Crippen LogP contribution in [0.1, 0.15) is 51.8 Å². The zero-order chi connectivity index (χ0) is 14.6. The molecule has 1 N–H and O–H groups in total. The Kier molecular flexibility index (Phi) is 4.86. The Balaban J connectivity index is 2.02. The van der Waals surface area contributed by atoms with E-state index in [0.29, 0.717) is 6.54 Å². The molecule has 1 aliphatic heterocycles. The summed E-state index contributed by atoms with van der Waals surface area (Å²) in [4.78, 5) is 14.5. The van der Waals surface area contributed by atoms with Crippen LogP contribution in [0.3, 0.4) is 0 Å². The molecular formula is C16H26N2O2. The van der Waals surface area contributed by atoms with Crippen molar-refractivity contribution in [3.63, 3.8) is 0 Å². The Bertz CT molecular complexity index is 414. The molecule has 0 spiro atoms. The number of nitrogens with one attached hydrogen (secondary N) is 1. The predicted molar refractivity (Wildman–Crippen MR) is 79.3 cm³/mol. The number of furan rings is 1. The van der Waals surface area contributed by atoms with Gasteiger partial charge >= 0.3 is 0 Å². The Hall–Kier alpha value is -1.29. The summed E-state index contributed by atoms with van der Waals surface area (Å²) in [5.41, 5.74) is -0.352. The van der Waals surface area contributed by atoms with Crippen molar-refractivity contribution >= 4 is 5.91 Å². The van der Waals surface area contributed by atoms with Crippen LogP contribution in [-0.2, 0) is 4.79 Å². The van der Waals surface area contributed by atoms with Crippen molar-refractivity contribution in [1.29, 1.82) is 0 Å². The molecule has 1 saturated heterocycles. The number of nitrogens with zero attached hydrogens (tertiary/aromatic N) is 1. The van der Waals surface area contributed by atoms with Crippen molar-refractivity contribution in [3.05, 3.63) is 24.2 Å². The molecule has 1 aliphatic rings. The minimum absolute atomic E-state index is 0.0889. The van der Waals surface area contributed by atoms with E-state index < -0.39 is 0 Å². The third-order valence-electron chi connectivity index (χ3n) is 3.84. The highest BCUT2D eigenvalue weighted by molar-refractivity contribution is 5.81. The minimum Gasteiger partial charge on any atom is -0.468 e. The molecule has 0 aromatic carbocycles. The summed E-state index contributed by atoms with van der Waals surface area (Å²) in [7, 11) is 0. The lowest BCUT2D eigenvalue weighted by molar-refractivity contribution is -0.128. The first-order valence-electron chi connectivity index (χ1n) is 7.54. The van der Waals surface area contributed by atoms with Crippen molar-refractivity contribution in [2.75, 3.05) is 19.6 Å². The van der Waals surface area contributed by atoms with Gasteiger partial charge in [-0.1, -0.05) is 27.2 Å². The first-order chi connectivity index (χ1) is 9.48. The van der Waals surface area contributed by atoms with Crippen molar-refractivity contribution in [2.24, 2.45) is 5.41 Å². The third-order valence-corrected chi connectivity index (χ3v) is 3.84. The summed E-state index contributed by atoms with van der Waals surface area (Å²) in [5, 5.41) is 3.07. The number of carbonyl (C=O) groups is 1. The largest absolute Gasteiger partial charge is 0.468 e. The van der Waals surface area contributed by atoms with Gasteiger partial charge in [-0.2, -0.15) is 0 Å². The Morgan fingerprint density at radius 2 is 2.05 bits per heavy atom. The lowest BCUT2D eigenvalue weighted by Gasteiger charge is -2.34. The molecule has 1 amide bonds. The summed E-state index contributed by atoms with van der Waals surface area (Å²) in [6.07, 6.45) is 5.46. The average molecular weight is 278 g/mol. The maximum absolute atomic E-state index is 12.1. The zero-order valence-electron chi connectivity index (χ0n) is 12.8. The molecule has 2 heterocycles. The van der Waals surface area contributed by atoms with Gasteiger partial charge < -0.3 is 9.73 Å². The number of carbonyl (C=O) groups excluding carboxylic acids is 1. The number of amides is 1. The quantitative estimate of drug-likeness (QED) is 0.921. The minimum atomic E-state index is -0.352. The highest BCUT2D eigenvalue weighted by Crippen LogP contribution is 2.25. The molecular weight excluding hydrogens is 252 g/mol. The van der Waals surface area contributed by atoms with E-state index in [1.165, 1.54) is 19.3 Å². The summed E-state index contributed by atoms with van der Waals surface area (Å²) in [5.74, 6) is 1.03. The van der Waals surface area contributed by atoms with Crippen LogP contribution in [0.25, 0.3) is 0 Å². The molecule has 0 bridgehead atoms. The molecule has 1 unspecified atom stereocenters. The standard InChI is InChI=1S/C16H26N2O2/c1-16(2,3)15(19)17-12-13(14-8-7-11-20-14)18-9-5-4-6-10-18/h7-8,11,13H,4-6,9-10,12H2,1-3H3,(H,17,19). The fraction of sp³-hybridized carbons (Fsp3) is 0.688. The topological polar surface area (TPSA) is 45.5 Å². The third kappa shape index (κ3) is 3.85. The van der Waals surface area contributed by atoms with Gasteiger partial charge in [-0.25, -0.2) is 0 Å². The van der Waals surface area contributed by atoms with E-state index in [1.807, 2.05) is 32.9 Å². The molecule has 0 aliphatic carbocycles. The predicted octanol–water partition coefficient (Wildman–Crippen LogP) is 2.97. The molecule has 0 saturated carbocycles. The molecule has 4 heteroatoms. The number of hydrogen-bond donors (Lipinski definition) is 1. The van der Waals surface area contributed by atoms with E-state index in [-0.39, 0.29) is 17.4 Å². The van der Waals surface area contributed by atoms with Crippen LogP contribution in [-0.4, -0.2) is 30.4 Å². The van der Waals surface area contributed by atoms with Gasteiger partial charge in [0.05, 0.1) is 12.3 Å². The fourth-order valence-corrected chi connectivity index (χ4v) is 2.58. The van der Waals surface area contributed by atoms with E-state index >= 15 is 0 Å². The summed E-state index contributed by atoms with van der Waals surface area (Å²) in [6.45, 7) is 8.58. The highest BCUT2D eigenvalue weighted by atomic mass is 16.3. The van der Waals surface area contributed by atoms with Crippen LogP contribution in [0.4, 0.5) is 0 Å². The van der Waals surface area contributed by atoms with Gasteiger partial charge in [-0.05, 0) is 38.1 Å². The Labute approximate surface area is 121 Å². The van der Waals surface area contributed by atoms with Gasteiger partial charge in [0.1, 0.15) is 5.76 Å². The second kappa shape index (κ2) is 6.44. The first-order valence-corrected chi connectivity index (χ1v) is 7.54. The van der Waals surface area contributed by atoms with Crippen LogP contribution in [0.5, 0.6) is 0 Å². The monoisotopic (exact) mass is 278 g/mol. The summed E-state index contributed by atoms with van der Waals surface area (Å²) in [6, 6.07) is 4.07. The van der Waals surface area contributed by atoms with Gasteiger partial charge in [0.15, 0.2) is 0 Å². The Morgan fingerprint density at radius 3 is 2.60 bits per heavy atom. The van der Waals surface area contributed by atoms with Crippen LogP contribution < -0.4 is 5.32 Å². The summed E-state index contributed by atoms with van der Waals surface area (Å²) >= 11 is 0. The average Bonchev–Trinajstić information content (AvgIpc) is 2.93. The number of rotatable bonds is 4. The van der Waals surface area contributed by atoms with Crippen molar-refractivity contribution in [2.45, 2.75) is 46.1 Å². The molecule has 20 heavy (non-hydrogen) atoms. The smallest absolute Gasteiger partial charge is 0.225 e. The number of hydrogen-bond acceptors (Lipinski definition) is 3. The van der Waals surface area contributed by atoms with Gasteiger partial charge in [-0.3, -0.25) is 9.69 Å². The lowest BCUT2D eigenvalue weighted by atomic mass is 9.95. The zero-order valence-corrected chi connectivity index (χ0v) is 12.8. The van der Waals surface area contributed by atoms with Gasteiger partial charge in [0.2, 0.25) is 5.91 Å². The maximum Gasteiger partial charge on any atom is 0.225 e. The molecule has 1 atom stereocenters. The maximum atomic E-state index is 12.1. The molecule has 112 valence electrons. The van der Waals surface area contributed by atoms with E-state index in [2.05, 4.69) is 10.2 Å². The molecule has 1 fully saturated rings. The normalized spacial score (nSPS) is 18.8. The van der Waals surface area contributed by atoms with Crippen molar-refractivity contribution in [3.8, 4) is 0 Å².